The number of benzene rings is 2. The first-order valence-electron chi connectivity index (χ1n) is 12.7. The van der Waals surface area contributed by atoms with E-state index in [4.69, 9.17) is 18.9 Å². The van der Waals surface area contributed by atoms with Crippen molar-refractivity contribution < 1.29 is 88.5 Å². The molecule has 19 heteroatoms. The van der Waals surface area contributed by atoms with Crippen molar-refractivity contribution in [3.05, 3.63) is 57.1 Å². The molecule has 5 atom stereocenters. The van der Waals surface area contributed by atoms with Gasteiger partial charge in [-0.2, -0.15) is 0 Å². The SMILES string of the molecule is O=C(O[C@@H]1O[C@@H]2COC(=O)c3cc(O)c(O)c(O)c3-c3c(cc(C(=O)O)oc3=O)C(=O)O[C@H]2[C@H](O)[C@H]1O)c1cc(O)c(O)c(O)c1. The number of aromatic hydroxyl groups is 6. The van der Waals surface area contributed by atoms with Crippen LogP contribution in [0.4, 0.5) is 0 Å². The number of ether oxygens (including phenoxy) is 4. The van der Waals surface area contributed by atoms with Crippen LogP contribution in [0, 0.1) is 0 Å². The fourth-order valence-corrected chi connectivity index (χ4v) is 4.66. The standard InChI is InChI=1S/C27H20O19/c28-9-1-6(2-10(29)16(9)31)23(38)46-27-20(35)19(34)21-13(44-27)5-42-24(39)7-3-11(30)17(32)18(33)14(7)15-8(25(40)45-21)4-12(22(36)37)43-26(15)41/h1-4,13,19-21,27-35H,5H2,(H,36,37)/t13-,19-,20-,21-,27+/m1/s1. The Kier molecular flexibility index (Phi) is 7.82. The molecule has 1 saturated heterocycles. The average Bonchev–Trinajstić information content (AvgIpc) is 3.01. The van der Waals surface area contributed by atoms with E-state index in [2.05, 4.69) is 4.42 Å². The predicted molar refractivity (Wildman–Crippen MR) is 139 cm³/mol. The minimum atomic E-state index is -2.22. The lowest BCUT2D eigenvalue weighted by Gasteiger charge is -2.41. The number of carboxylic acids is 1. The highest BCUT2D eigenvalue weighted by atomic mass is 16.7. The summed E-state index contributed by atoms with van der Waals surface area (Å²) in [7, 11) is 0. The van der Waals surface area contributed by atoms with Crippen LogP contribution >= 0.6 is 0 Å². The monoisotopic (exact) mass is 648 g/mol. The number of aliphatic hydroxyl groups is 2. The van der Waals surface area contributed by atoms with Crippen LogP contribution in [0.5, 0.6) is 34.5 Å². The van der Waals surface area contributed by atoms with Crippen LogP contribution < -0.4 is 5.63 Å². The highest BCUT2D eigenvalue weighted by molar-refractivity contribution is 6.06. The highest BCUT2D eigenvalue weighted by Gasteiger charge is 2.50. The fourth-order valence-electron chi connectivity index (χ4n) is 4.66. The van der Waals surface area contributed by atoms with Gasteiger partial charge >= 0.3 is 29.5 Å². The molecule has 9 N–H and O–H groups in total. The van der Waals surface area contributed by atoms with E-state index in [1.807, 2.05) is 0 Å². The zero-order valence-corrected chi connectivity index (χ0v) is 22.5. The molecule has 19 nitrogen and oxygen atoms in total. The summed E-state index contributed by atoms with van der Waals surface area (Å²) >= 11 is 0. The summed E-state index contributed by atoms with van der Waals surface area (Å²) < 4.78 is 25.5. The number of cyclic esters (lactones) is 1. The summed E-state index contributed by atoms with van der Waals surface area (Å²) in [6, 6.07) is 2.37. The number of fused-ring (bicyclic) bond motifs is 4. The van der Waals surface area contributed by atoms with Gasteiger partial charge in [-0.3, -0.25) is 0 Å². The minimum Gasteiger partial charge on any atom is -0.504 e. The zero-order valence-electron chi connectivity index (χ0n) is 22.5. The van der Waals surface area contributed by atoms with Gasteiger partial charge in [-0.15, -0.1) is 0 Å². The number of carboxylic acid groups (broad SMARTS) is 1. The number of aromatic carboxylic acids is 1. The van der Waals surface area contributed by atoms with Gasteiger partial charge in [0.05, 0.1) is 27.8 Å². The Bertz CT molecular complexity index is 1840. The number of hydrogen-bond acceptors (Lipinski definition) is 18. The van der Waals surface area contributed by atoms with Gasteiger partial charge in [0.15, 0.2) is 34.9 Å². The van der Waals surface area contributed by atoms with E-state index in [-0.39, 0.29) is 0 Å². The lowest BCUT2D eigenvalue weighted by Crippen LogP contribution is -2.61. The number of phenols is 6. The van der Waals surface area contributed by atoms with Crippen molar-refractivity contribution in [3.63, 3.8) is 0 Å². The Morgan fingerprint density at radius 3 is 2.00 bits per heavy atom. The van der Waals surface area contributed by atoms with Gasteiger partial charge in [0, 0.05) is 6.07 Å². The van der Waals surface area contributed by atoms with Crippen LogP contribution in [0.25, 0.3) is 11.1 Å². The summed E-state index contributed by atoms with van der Waals surface area (Å²) in [5, 5.41) is 90.6. The summed E-state index contributed by atoms with van der Waals surface area (Å²) in [6.45, 7) is -0.984. The molecule has 0 saturated carbocycles. The van der Waals surface area contributed by atoms with Crippen molar-refractivity contribution in [2.45, 2.75) is 30.7 Å². The quantitative estimate of drug-likeness (QED) is 0.0957. The molecular formula is C27H20O19. The molecule has 0 amide bonds. The van der Waals surface area contributed by atoms with Gasteiger partial charge in [0.1, 0.15) is 24.9 Å². The lowest BCUT2D eigenvalue weighted by molar-refractivity contribution is -0.284. The third kappa shape index (κ3) is 5.29. The first-order chi connectivity index (χ1) is 21.6. The van der Waals surface area contributed by atoms with Gasteiger partial charge in [0.25, 0.3) is 0 Å². The third-order valence-corrected chi connectivity index (χ3v) is 6.90. The molecule has 2 aliphatic rings. The average molecular weight is 648 g/mol. The molecule has 3 heterocycles. The summed E-state index contributed by atoms with van der Waals surface area (Å²) in [5.41, 5.74) is -6.04. The molecular weight excluding hydrogens is 628 g/mol. The molecule has 1 fully saturated rings. The number of carbonyl (C=O) groups excluding carboxylic acids is 3. The van der Waals surface area contributed by atoms with E-state index in [9.17, 15) is 69.9 Å². The van der Waals surface area contributed by atoms with E-state index in [1.54, 1.807) is 0 Å². The number of hydrogen-bond donors (Lipinski definition) is 9. The van der Waals surface area contributed by atoms with Gasteiger partial charge in [0.2, 0.25) is 17.8 Å². The number of rotatable bonds is 3. The van der Waals surface area contributed by atoms with E-state index in [0.717, 1.165) is 0 Å². The number of phenolic OH excluding ortho intramolecular Hbond substituents is 6. The molecule has 46 heavy (non-hydrogen) atoms. The smallest absolute Gasteiger partial charge is 0.371 e. The predicted octanol–water partition coefficient (Wildman–Crippen LogP) is -0.762. The van der Waals surface area contributed by atoms with Gasteiger partial charge in [-0.25, -0.2) is 24.0 Å². The molecule has 2 aliphatic heterocycles. The first kappa shape index (κ1) is 31.4. The van der Waals surface area contributed by atoms with Crippen LogP contribution in [0.1, 0.15) is 41.6 Å². The Labute approximate surface area is 252 Å². The van der Waals surface area contributed by atoms with Crippen LogP contribution in [-0.4, -0.2) is 107 Å². The number of aliphatic hydroxyl groups excluding tert-OH is 2. The van der Waals surface area contributed by atoms with Gasteiger partial charge in [-0.1, -0.05) is 0 Å². The third-order valence-electron chi connectivity index (χ3n) is 6.90. The first-order valence-corrected chi connectivity index (χ1v) is 12.7. The summed E-state index contributed by atoms with van der Waals surface area (Å²) in [6.07, 6.45) is -10.3. The largest absolute Gasteiger partial charge is 0.504 e. The maximum atomic E-state index is 13.4. The number of esters is 3. The Hall–Kier alpha value is -6.05. The van der Waals surface area contributed by atoms with Crippen LogP contribution in [0.3, 0.4) is 0 Å². The molecule has 242 valence electrons. The second kappa shape index (κ2) is 11.5. The Balaban J connectivity index is 1.58. The fraction of sp³-hybridized carbons (Fsp3) is 0.222. The molecule has 2 aromatic carbocycles. The van der Waals surface area contributed by atoms with Gasteiger partial charge in [-0.05, 0) is 18.2 Å². The number of carbonyl (C=O) groups is 4. The molecule has 1 aromatic heterocycles. The molecule has 0 radical (unpaired) electrons. The van der Waals surface area contributed by atoms with Crippen molar-refractivity contribution >= 4 is 23.9 Å². The Morgan fingerprint density at radius 2 is 1.37 bits per heavy atom. The summed E-state index contributed by atoms with van der Waals surface area (Å²) in [5.74, 6) is -14.0. The van der Waals surface area contributed by atoms with Crippen molar-refractivity contribution in [1.29, 1.82) is 0 Å². The van der Waals surface area contributed by atoms with Crippen molar-refractivity contribution in [2.24, 2.45) is 0 Å². The van der Waals surface area contributed by atoms with E-state index in [1.165, 1.54) is 0 Å². The van der Waals surface area contributed by atoms with Crippen molar-refractivity contribution in [1.82, 2.24) is 0 Å². The minimum absolute atomic E-state index is 0.465. The zero-order chi connectivity index (χ0) is 33.8. The van der Waals surface area contributed by atoms with Crippen molar-refractivity contribution in [3.8, 4) is 45.6 Å². The maximum Gasteiger partial charge on any atom is 0.371 e. The molecule has 5 rings (SSSR count). The van der Waals surface area contributed by atoms with Crippen LogP contribution in [0.2, 0.25) is 0 Å². The summed E-state index contributed by atoms with van der Waals surface area (Å²) in [4.78, 5) is 63.9. The van der Waals surface area contributed by atoms with Gasteiger partial charge < -0.3 is 69.3 Å². The molecule has 0 aliphatic carbocycles. The topological polar surface area (TPSA) is 317 Å². The van der Waals surface area contributed by atoms with Crippen LogP contribution in [0.15, 0.2) is 33.5 Å². The van der Waals surface area contributed by atoms with E-state index in [0.29, 0.717) is 24.3 Å². The molecule has 0 spiro atoms. The van der Waals surface area contributed by atoms with E-state index < -0.39 is 135 Å². The van der Waals surface area contributed by atoms with Crippen molar-refractivity contribution in [2.75, 3.05) is 6.61 Å². The molecule has 0 bridgehead atoms. The maximum absolute atomic E-state index is 13.4. The normalized spacial score (nSPS) is 22.6. The highest BCUT2D eigenvalue weighted by Crippen LogP contribution is 2.46. The molecule has 3 aromatic rings. The second-order valence-corrected chi connectivity index (χ2v) is 9.77. The van der Waals surface area contributed by atoms with Crippen LogP contribution in [-0.2, 0) is 18.9 Å². The lowest BCUT2D eigenvalue weighted by atomic mass is 9.94. The van der Waals surface area contributed by atoms with E-state index >= 15 is 0 Å². The molecule has 0 unspecified atom stereocenters. The second-order valence-electron chi connectivity index (χ2n) is 9.77. The Morgan fingerprint density at radius 1 is 0.761 bits per heavy atom.